The average molecular weight is 387 g/mol. The first-order valence-corrected chi connectivity index (χ1v) is 11.3. The fraction of sp³-hybridized carbons (Fsp3) is 0.381. The zero-order valence-corrected chi connectivity index (χ0v) is 16.8. The largest absolute Gasteiger partial charge is 0.372 e. The number of nitrogens with zero attached hydrogens (tertiary/aromatic N) is 1. The maximum atomic E-state index is 12.3. The highest BCUT2D eigenvalue weighted by Crippen LogP contribution is 2.45. The monoisotopic (exact) mass is 386 g/mol. The summed E-state index contributed by atoms with van der Waals surface area (Å²) in [5.41, 5.74) is 3.30. The molecule has 2 aromatic rings. The van der Waals surface area contributed by atoms with Crippen LogP contribution in [0.25, 0.3) is 0 Å². The van der Waals surface area contributed by atoms with Crippen LogP contribution >= 0.6 is 23.5 Å². The zero-order valence-electron chi connectivity index (χ0n) is 15.2. The molecule has 1 amide bonds. The van der Waals surface area contributed by atoms with Gasteiger partial charge in [0.25, 0.3) is 5.91 Å². The van der Waals surface area contributed by atoms with Crippen molar-refractivity contribution < 1.29 is 4.79 Å². The molecule has 0 unspecified atom stereocenters. The Kier molecular flexibility index (Phi) is 7.32. The highest BCUT2D eigenvalue weighted by molar-refractivity contribution is 8.19. The molecule has 1 heterocycles. The van der Waals surface area contributed by atoms with E-state index in [0.29, 0.717) is 11.1 Å². The number of benzene rings is 2. The summed E-state index contributed by atoms with van der Waals surface area (Å²) < 4.78 is 0.533. The summed E-state index contributed by atoms with van der Waals surface area (Å²) in [4.78, 5) is 14.7. The van der Waals surface area contributed by atoms with Crippen molar-refractivity contribution in [2.24, 2.45) is 0 Å². The lowest BCUT2D eigenvalue weighted by atomic mass is 10.1. The molecule has 0 radical (unpaired) electrons. The Labute approximate surface area is 164 Å². The van der Waals surface area contributed by atoms with Crippen LogP contribution in [0.5, 0.6) is 0 Å². The van der Waals surface area contributed by atoms with E-state index in [2.05, 4.69) is 53.5 Å². The number of para-hydroxylation sites is 1. The van der Waals surface area contributed by atoms with Crippen LogP contribution in [-0.4, -0.2) is 37.0 Å². The van der Waals surface area contributed by atoms with Gasteiger partial charge < -0.3 is 10.2 Å². The minimum Gasteiger partial charge on any atom is -0.372 e. The van der Waals surface area contributed by atoms with Gasteiger partial charge in [0, 0.05) is 42.4 Å². The first kappa shape index (κ1) is 19.2. The second-order valence-corrected chi connectivity index (χ2v) is 8.94. The predicted octanol–water partition coefficient (Wildman–Crippen LogP) is 4.81. The third kappa shape index (κ3) is 5.21. The summed E-state index contributed by atoms with van der Waals surface area (Å²) in [7, 11) is 0. The SMILES string of the molecule is CCN(CCCNC(=O)c1ccc(C2SCCS2)cc1)c1ccccc1. The van der Waals surface area contributed by atoms with Gasteiger partial charge in [-0.1, -0.05) is 30.3 Å². The smallest absolute Gasteiger partial charge is 0.251 e. The third-order valence-corrected chi connectivity index (χ3v) is 7.56. The molecule has 0 aromatic heterocycles. The molecule has 26 heavy (non-hydrogen) atoms. The van der Waals surface area contributed by atoms with E-state index in [1.807, 2.05) is 41.7 Å². The average Bonchev–Trinajstić information content (AvgIpc) is 3.23. The second kappa shape index (κ2) is 9.93. The molecule has 3 rings (SSSR count). The molecule has 0 spiro atoms. The molecule has 1 saturated heterocycles. The van der Waals surface area contributed by atoms with Crippen LogP contribution in [0.3, 0.4) is 0 Å². The van der Waals surface area contributed by atoms with E-state index in [4.69, 9.17) is 0 Å². The van der Waals surface area contributed by atoms with Crippen molar-refractivity contribution in [3.8, 4) is 0 Å². The topological polar surface area (TPSA) is 32.3 Å². The Morgan fingerprint density at radius 3 is 2.42 bits per heavy atom. The summed E-state index contributed by atoms with van der Waals surface area (Å²) in [6.45, 7) is 4.76. The Bertz CT molecular complexity index is 685. The van der Waals surface area contributed by atoms with E-state index in [9.17, 15) is 4.79 Å². The molecule has 138 valence electrons. The molecule has 2 aromatic carbocycles. The van der Waals surface area contributed by atoms with Gasteiger partial charge in [0.2, 0.25) is 0 Å². The van der Waals surface area contributed by atoms with Crippen LogP contribution in [-0.2, 0) is 0 Å². The highest BCUT2D eigenvalue weighted by atomic mass is 32.2. The summed E-state index contributed by atoms with van der Waals surface area (Å²) in [5.74, 6) is 2.45. The van der Waals surface area contributed by atoms with E-state index in [1.54, 1.807) is 0 Å². The van der Waals surface area contributed by atoms with Gasteiger partial charge in [-0.25, -0.2) is 0 Å². The van der Waals surface area contributed by atoms with Gasteiger partial charge in [-0.15, -0.1) is 23.5 Å². The number of anilines is 1. The number of amides is 1. The standard InChI is InChI=1S/C21H26N2OS2/c1-2-23(19-7-4-3-5-8-19)14-6-13-22-20(24)17-9-11-18(12-10-17)21-25-15-16-26-21/h3-5,7-12,21H,2,6,13-16H2,1H3,(H,22,24). The number of hydrogen-bond acceptors (Lipinski definition) is 4. The number of carbonyl (C=O) groups is 1. The van der Waals surface area contributed by atoms with Crippen molar-refractivity contribution in [3.63, 3.8) is 0 Å². The molecule has 1 aliphatic heterocycles. The maximum Gasteiger partial charge on any atom is 0.251 e. The van der Waals surface area contributed by atoms with Crippen LogP contribution in [0.2, 0.25) is 0 Å². The minimum atomic E-state index is 0.0195. The third-order valence-electron chi connectivity index (χ3n) is 4.46. The van der Waals surface area contributed by atoms with Crippen molar-refractivity contribution in [2.45, 2.75) is 17.9 Å². The molecule has 0 atom stereocenters. The maximum absolute atomic E-state index is 12.3. The molecule has 0 saturated carbocycles. The Balaban J connectivity index is 1.43. The van der Waals surface area contributed by atoms with Crippen molar-refractivity contribution in [1.82, 2.24) is 5.32 Å². The lowest BCUT2D eigenvalue weighted by Crippen LogP contribution is -2.29. The number of rotatable bonds is 8. The van der Waals surface area contributed by atoms with E-state index < -0.39 is 0 Å². The van der Waals surface area contributed by atoms with Gasteiger partial charge in [0.05, 0.1) is 4.58 Å². The molecule has 1 N–H and O–H groups in total. The summed E-state index contributed by atoms with van der Waals surface area (Å²) >= 11 is 3.97. The lowest BCUT2D eigenvalue weighted by Gasteiger charge is -2.23. The van der Waals surface area contributed by atoms with E-state index >= 15 is 0 Å². The van der Waals surface area contributed by atoms with E-state index in [-0.39, 0.29) is 5.91 Å². The number of thioether (sulfide) groups is 2. The van der Waals surface area contributed by atoms with Crippen molar-refractivity contribution in [1.29, 1.82) is 0 Å². The Morgan fingerprint density at radius 2 is 1.77 bits per heavy atom. The van der Waals surface area contributed by atoms with Gasteiger partial charge in [0.15, 0.2) is 0 Å². The van der Waals surface area contributed by atoms with Crippen molar-refractivity contribution in [2.75, 3.05) is 36.0 Å². The van der Waals surface area contributed by atoms with E-state index in [1.165, 1.54) is 22.8 Å². The van der Waals surface area contributed by atoms with Gasteiger partial charge in [-0.2, -0.15) is 0 Å². The van der Waals surface area contributed by atoms with Crippen LogP contribution in [0.4, 0.5) is 5.69 Å². The zero-order chi connectivity index (χ0) is 18.2. The van der Waals surface area contributed by atoms with Gasteiger partial charge >= 0.3 is 0 Å². The number of carbonyl (C=O) groups excluding carboxylic acids is 1. The molecule has 5 heteroatoms. The normalized spacial score (nSPS) is 14.3. The second-order valence-electron chi connectivity index (χ2n) is 6.22. The fourth-order valence-corrected chi connectivity index (χ4v) is 5.88. The van der Waals surface area contributed by atoms with E-state index in [0.717, 1.165) is 25.1 Å². The molecule has 1 aliphatic rings. The number of nitrogens with one attached hydrogen (secondary N) is 1. The molecular formula is C21H26N2OS2. The summed E-state index contributed by atoms with van der Waals surface area (Å²) in [5, 5.41) is 3.04. The molecule has 0 bridgehead atoms. The Hall–Kier alpha value is -1.59. The van der Waals surface area contributed by atoms with Crippen LogP contribution in [0.1, 0.15) is 33.8 Å². The minimum absolute atomic E-state index is 0.0195. The first-order chi connectivity index (χ1) is 12.8. The number of hydrogen-bond donors (Lipinski definition) is 1. The highest BCUT2D eigenvalue weighted by Gasteiger charge is 2.18. The van der Waals surface area contributed by atoms with Crippen LogP contribution in [0.15, 0.2) is 54.6 Å². The molecular weight excluding hydrogens is 360 g/mol. The molecule has 3 nitrogen and oxygen atoms in total. The quantitative estimate of drug-likeness (QED) is 0.660. The van der Waals surface area contributed by atoms with Crippen LogP contribution < -0.4 is 10.2 Å². The van der Waals surface area contributed by atoms with Crippen molar-refractivity contribution >= 4 is 35.1 Å². The van der Waals surface area contributed by atoms with Gasteiger partial charge in [-0.3, -0.25) is 4.79 Å². The molecule has 0 aliphatic carbocycles. The Morgan fingerprint density at radius 1 is 1.08 bits per heavy atom. The predicted molar refractivity (Wildman–Crippen MR) is 115 cm³/mol. The summed E-state index contributed by atoms with van der Waals surface area (Å²) in [6.07, 6.45) is 0.932. The summed E-state index contributed by atoms with van der Waals surface area (Å²) in [6, 6.07) is 18.5. The van der Waals surface area contributed by atoms with Gasteiger partial charge in [-0.05, 0) is 43.2 Å². The van der Waals surface area contributed by atoms with Crippen LogP contribution in [0, 0.1) is 0 Å². The lowest BCUT2D eigenvalue weighted by molar-refractivity contribution is 0.0953. The molecule has 1 fully saturated rings. The van der Waals surface area contributed by atoms with Crippen molar-refractivity contribution in [3.05, 3.63) is 65.7 Å². The van der Waals surface area contributed by atoms with Gasteiger partial charge in [0.1, 0.15) is 0 Å². The first-order valence-electron chi connectivity index (χ1n) is 9.19. The fourth-order valence-electron chi connectivity index (χ4n) is 3.02.